The summed E-state index contributed by atoms with van der Waals surface area (Å²) < 4.78 is 1.40. The first kappa shape index (κ1) is 21.2. The molecule has 150 valence electrons. The number of carbonyl (C=O) groups is 2. The average molecular weight is 451 g/mol. The second kappa shape index (κ2) is 8.86. The molecule has 1 heterocycles. The normalized spacial score (nSPS) is 11.9. The van der Waals surface area contributed by atoms with Crippen LogP contribution in [0.25, 0.3) is 16.6 Å². The van der Waals surface area contributed by atoms with Crippen LogP contribution in [0.15, 0.2) is 52.4 Å². The molecule has 3 aromatic rings. The number of thioether (sulfide) groups is 1. The van der Waals surface area contributed by atoms with Gasteiger partial charge in [-0.1, -0.05) is 35.0 Å². The molecule has 10 heteroatoms. The van der Waals surface area contributed by atoms with Gasteiger partial charge in [-0.3, -0.25) is 19.5 Å². The second-order valence-corrected chi connectivity index (χ2v) is 8.18. The van der Waals surface area contributed by atoms with Crippen molar-refractivity contribution in [1.82, 2.24) is 20.2 Å². The van der Waals surface area contributed by atoms with Crippen molar-refractivity contribution in [2.24, 2.45) is 0 Å². The van der Waals surface area contributed by atoms with Gasteiger partial charge in [0.05, 0.1) is 21.8 Å². The van der Waals surface area contributed by atoms with Gasteiger partial charge in [-0.2, -0.15) is 0 Å². The third-order valence-electron chi connectivity index (χ3n) is 4.00. The van der Waals surface area contributed by atoms with Crippen molar-refractivity contribution < 1.29 is 9.59 Å². The Morgan fingerprint density at radius 3 is 2.41 bits per heavy atom. The third kappa shape index (κ3) is 4.72. The molecule has 7 nitrogen and oxygen atoms in total. The van der Waals surface area contributed by atoms with E-state index in [1.54, 1.807) is 49.4 Å². The van der Waals surface area contributed by atoms with E-state index in [1.807, 2.05) is 0 Å². The average Bonchev–Trinajstić information content (AvgIpc) is 2.68. The van der Waals surface area contributed by atoms with E-state index in [4.69, 9.17) is 23.2 Å². The molecule has 1 atom stereocenters. The number of rotatable bonds is 4. The van der Waals surface area contributed by atoms with Crippen molar-refractivity contribution in [3.63, 3.8) is 0 Å². The summed E-state index contributed by atoms with van der Waals surface area (Å²) in [6.45, 7) is 1.61. The maximum atomic E-state index is 13.2. The zero-order chi connectivity index (χ0) is 21.1. The first-order chi connectivity index (χ1) is 13.8. The Morgan fingerprint density at radius 1 is 1.10 bits per heavy atom. The number of benzene rings is 2. The van der Waals surface area contributed by atoms with Crippen LogP contribution in [0.2, 0.25) is 10.0 Å². The van der Waals surface area contributed by atoms with Gasteiger partial charge in [0.15, 0.2) is 5.16 Å². The van der Waals surface area contributed by atoms with E-state index < -0.39 is 17.2 Å². The number of halogens is 2. The second-order valence-electron chi connectivity index (χ2n) is 6.00. The largest absolute Gasteiger partial charge is 0.341 e. The summed E-state index contributed by atoms with van der Waals surface area (Å²) in [6.07, 6.45) is 0. The highest BCUT2D eigenvalue weighted by atomic mass is 35.5. The molecule has 3 rings (SSSR count). The highest BCUT2D eigenvalue weighted by molar-refractivity contribution is 8.00. The molecule has 1 aromatic heterocycles. The molecule has 29 heavy (non-hydrogen) atoms. The van der Waals surface area contributed by atoms with Crippen molar-refractivity contribution in [3.05, 3.63) is 62.9 Å². The lowest BCUT2D eigenvalue weighted by Crippen LogP contribution is -2.41. The molecule has 0 fully saturated rings. The molecule has 0 aliphatic heterocycles. The Morgan fingerprint density at radius 2 is 1.76 bits per heavy atom. The van der Waals surface area contributed by atoms with Crippen molar-refractivity contribution in [3.8, 4) is 5.69 Å². The van der Waals surface area contributed by atoms with Crippen LogP contribution < -0.4 is 16.2 Å². The molecule has 0 aliphatic carbocycles. The molecule has 0 spiro atoms. The zero-order valence-electron chi connectivity index (χ0n) is 15.4. The van der Waals surface area contributed by atoms with Crippen molar-refractivity contribution in [2.45, 2.75) is 17.3 Å². The van der Waals surface area contributed by atoms with Crippen LogP contribution >= 0.6 is 35.0 Å². The van der Waals surface area contributed by atoms with E-state index in [0.717, 1.165) is 11.8 Å². The van der Waals surface area contributed by atoms with E-state index >= 15 is 0 Å². The van der Waals surface area contributed by atoms with Gasteiger partial charge in [0, 0.05) is 17.1 Å². The Balaban J connectivity index is 2.11. The zero-order valence-corrected chi connectivity index (χ0v) is 17.7. The number of urea groups is 1. The predicted octanol–water partition coefficient (Wildman–Crippen LogP) is 3.63. The van der Waals surface area contributed by atoms with E-state index in [9.17, 15) is 14.4 Å². The molecule has 0 bridgehead atoms. The molecular weight excluding hydrogens is 435 g/mol. The summed E-state index contributed by atoms with van der Waals surface area (Å²) in [5.74, 6) is -0.516. The van der Waals surface area contributed by atoms with Crippen molar-refractivity contribution in [2.75, 3.05) is 7.05 Å². The third-order valence-corrected chi connectivity index (χ3v) is 5.54. The summed E-state index contributed by atoms with van der Waals surface area (Å²) in [5.41, 5.74) is 0.648. The summed E-state index contributed by atoms with van der Waals surface area (Å²) in [4.78, 5) is 41.4. The number of nitrogens with zero attached hydrogens (tertiary/aromatic N) is 2. The Bertz CT molecular complexity index is 1150. The number of fused-ring (bicyclic) bond motifs is 1. The van der Waals surface area contributed by atoms with Gasteiger partial charge in [-0.05, 0) is 49.4 Å². The Kier molecular flexibility index (Phi) is 6.46. The van der Waals surface area contributed by atoms with Crippen LogP contribution in [0.1, 0.15) is 6.92 Å². The molecule has 0 saturated heterocycles. The first-order valence-corrected chi connectivity index (χ1v) is 10.1. The molecule has 0 radical (unpaired) electrons. The smallest absolute Gasteiger partial charge is 0.321 e. The Labute approximate surface area is 180 Å². The molecule has 2 N–H and O–H groups in total. The summed E-state index contributed by atoms with van der Waals surface area (Å²) >= 11 is 13.1. The number of hydrogen-bond acceptors (Lipinski definition) is 5. The lowest BCUT2D eigenvalue weighted by atomic mass is 10.2. The topological polar surface area (TPSA) is 93.1 Å². The number of aromatic nitrogens is 2. The highest BCUT2D eigenvalue weighted by Crippen LogP contribution is 2.26. The maximum Gasteiger partial charge on any atom is 0.321 e. The summed E-state index contributed by atoms with van der Waals surface area (Å²) in [5, 5.41) is 5.46. The van der Waals surface area contributed by atoms with E-state index in [0.29, 0.717) is 26.6 Å². The predicted molar refractivity (Wildman–Crippen MR) is 115 cm³/mol. The van der Waals surface area contributed by atoms with Crippen LogP contribution in [0.5, 0.6) is 0 Å². The van der Waals surface area contributed by atoms with E-state index in [2.05, 4.69) is 15.6 Å². The van der Waals surface area contributed by atoms with Crippen LogP contribution in [-0.2, 0) is 4.79 Å². The Hall–Kier alpha value is -2.55. The SMILES string of the molecule is CNC(=O)NC(=O)C(C)Sc1nc2cc(Cl)ccc2c(=O)n1-c1ccc(Cl)cc1. The number of amides is 3. The fourth-order valence-electron chi connectivity index (χ4n) is 2.52. The first-order valence-electron chi connectivity index (χ1n) is 8.47. The minimum atomic E-state index is -0.700. The molecular formula is C19H16Cl2N4O3S. The number of carbonyl (C=O) groups excluding carboxylic acids is 2. The van der Waals surface area contributed by atoms with Gasteiger partial charge in [-0.15, -0.1) is 0 Å². The molecule has 0 saturated carbocycles. The molecule has 3 amide bonds. The molecule has 1 unspecified atom stereocenters. The summed E-state index contributed by atoms with van der Waals surface area (Å²) in [6, 6.07) is 10.9. The fourth-order valence-corrected chi connectivity index (χ4v) is 3.74. The van der Waals surface area contributed by atoms with Crippen LogP contribution in [0.3, 0.4) is 0 Å². The van der Waals surface area contributed by atoms with E-state index in [-0.39, 0.29) is 10.7 Å². The van der Waals surface area contributed by atoms with Crippen molar-refractivity contribution >= 4 is 57.8 Å². The lowest BCUT2D eigenvalue weighted by molar-refractivity contribution is -0.119. The van der Waals surface area contributed by atoms with Gasteiger partial charge in [0.2, 0.25) is 5.91 Å². The minimum Gasteiger partial charge on any atom is -0.341 e. The van der Waals surface area contributed by atoms with E-state index in [1.165, 1.54) is 11.6 Å². The standard InChI is InChI=1S/C19H16Cl2N4O3S/c1-10(16(26)24-18(28)22-2)29-19-23-15-9-12(21)5-8-14(15)17(27)25(19)13-6-3-11(20)4-7-13/h3-10H,1-2H3,(H2,22,24,26,28). The van der Waals surface area contributed by atoms with Crippen LogP contribution in [0.4, 0.5) is 4.79 Å². The van der Waals surface area contributed by atoms with Crippen LogP contribution in [0, 0.1) is 0 Å². The van der Waals surface area contributed by atoms with Gasteiger partial charge in [-0.25, -0.2) is 9.78 Å². The molecule has 2 aromatic carbocycles. The minimum absolute atomic E-state index is 0.284. The van der Waals surface area contributed by atoms with Gasteiger partial charge < -0.3 is 5.32 Å². The number of nitrogens with one attached hydrogen (secondary N) is 2. The number of imide groups is 1. The molecule has 0 aliphatic rings. The lowest BCUT2D eigenvalue weighted by Gasteiger charge is -2.16. The highest BCUT2D eigenvalue weighted by Gasteiger charge is 2.21. The van der Waals surface area contributed by atoms with Gasteiger partial charge in [0.25, 0.3) is 5.56 Å². The maximum absolute atomic E-state index is 13.2. The summed E-state index contributed by atoms with van der Waals surface area (Å²) in [7, 11) is 1.41. The van der Waals surface area contributed by atoms with Crippen LogP contribution in [-0.4, -0.2) is 33.8 Å². The van der Waals surface area contributed by atoms with Gasteiger partial charge >= 0.3 is 6.03 Å². The fraction of sp³-hybridized carbons (Fsp3) is 0.158. The monoisotopic (exact) mass is 450 g/mol. The number of hydrogen-bond donors (Lipinski definition) is 2. The quantitative estimate of drug-likeness (QED) is 0.467. The van der Waals surface area contributed by atoms with Gasteiger partial charge in [0.1, 0.15) is 0 Å². The van der Waals surface area contributed by atoms with Crippen molar-refractivity contribution in [1.29, 1.82) is 0 Å².